The van der Waals surface area contributed by atoms with Gasteiger partial charge in [0, 0.05) is 43.4 Å². The van der Waals surface area contributed by atoms with Gasteiger partial charge >= 0.3 is 6.18 Å². The Balaban J connectivity index is 1.83. The summed E-state index contributed by atoms with van der Waals surface area (Å²) in [5.41, 5.74) is 0.258. The molecule has 12 heteroatoms. The molecule has 0 bridgehead atoms. The number of aliphatic hydroxyl groups excluding tert-OH is 2. The van der Waals surface area contributed by atoms with Crippen molar-refractivity contribution in [3.8, 4) is 11.5 Å². The number of benzene rings is 1. The number of aromatic nitrogens is 2. The lowest BCUT2D eigenvalue weighted by Gasteiger charge is -2.40. The number of amides is 1. The number of carbonyl (C=O) groups is 1. The van der Waals surface area contributed by atoms with Crippen LogP contribution in [0.1, 0.15) is 33.5 Å². The largest absolute Gasteiger partial charge is 0.454 e. The molecular formula is C24H22ClF3N4O4. The van der Waals surface area contributed by atoms with Crippen molar-refractivity contribution in [2.45, 2.75) is 25.4 Å². The number of ether oxygens (including phenoxy) is 1. The average molecular weight is 523 g/mol. The molecule has 1 aromatic carbocycles. The smallest absolute Gasteiger partial charge is 0.418 e. The molecule has 1 amide bonds. The van der Waals surface area contributed by atoms with Crippen LogP contribution in [-0.2, 0) is 12.6 Å². The second-order valence-corrected chi connectivity index (χ2v) is 8.58. The van der Waals surface area contributed by atoms with Gasteiger partial charge in [0.15, 0.2) is 0 Å². The normalized spacial score (nSPS) is 15.8. The van der Waals surface area contributed by atoms with E-state index in [4.69, 9.17) is 16.3 Å². The van der Waals surface area contributed by atoms with Crippen LogP contribution in [0.3, 0.4) is 0 Å². The Morgan fingerprint density at radius 3 is 2.56 bits per heavy atom. The number of alkyl halides is 3. The minimum atomic E-state index is -4.62. The lowest BCUT2D eigenvalue weighted by atomic mass is 9.97. The number of anilines is 1. The molecule has 1 unspecified atom stereocenters. The maximum Gasteiger partial charge on any atom is 0.418 e. The number of carbonyl (C=O) groups excluding carboxylic acids is 1. The number of halogens is 4. The van der Waals surface area contributed by atoms with Gasteiger partial charge in [-0.25, -0.2) is 4.98 Å². The molecule has 36 heavy (non-hydrogen) atoms. The Hall–Kier alpha value is -3.41. The summed E-state index contributed by atoms with van der Waals surface area (Å²) in [6.45, 7) is -0.113. The minimum absolute atomic E-state index is 0.0603. The van der Waals surface area contributed by atoms with Gasteiger partial charge in [0.2, 0.25) is 6.35 Å². The second-order valence-electron chi connectivity index (χ2n) is 8.15. The van der Waals surface area contributed by atoms with Crippen LogP contribution in [0.5, 0.6) is 11.5 Å². The number of aliphatic hydroxyl groups is 2. The Bertz CT molecular complexity index is 1260. The van der Waals surface area contributed by atoms with E-state index in [2.05, 4.69) is 9.97 Å². The molecule has 190 valence electrons. The molecule has 0 saturated carbocycles. The summed E-state index contributed by atoms with van der Waals surface area (Å²) in [7, 11) is 1.55. The highest BCUT2D eigenvalue weighted by molar-refractivity contribution is 6.30. The number of hydrogen-bond acceptors (Lipinski definition) is 7. The third-order valence-corrected chi connectivity index (χ3v) is 5.93. The molecule has 3 heterocycles. The van der Waals surface area contributed by atoms with Crippen LogP contribution in [0.25, 0.3) is 0 Å². The number of hydrogen-bond donors (Lipinski definition) is 2. The van der Waals surface area contributed by atoms with Crippen LogP contribution in [0, 0.1) is 0 Å². The highest BCUT2D eigenvalue weighted by atomic mass is 35.5. The number of nitrogens with zero attached hydrogens (tertiary/aromatic N) is 4. The molecule has 8 nitrogen and oxygen atoms in total. The molecule has 2 aromatic heterocycles. The van der Waals surface area contributed by atoms with Gasteiger partial charge < -0.3 is 19.8 Å². The predicted molar refractivity (Wildman–Crippen MR) is 125 cm³/mol. The van der Waals surface area contributed by atoms with E-state index in [1.165, 1.54) is 16.0 Å². The fourth-order valence-corrected chi connectivity index (χ4v) is 3.99. The topological polar surface area (TPSA) is 99.0 Å². The van der Waals surface area contributed by atoms with E-state index < -0.39 is 24.0 Å². The summed E-state index contributed by atoms with van der Waals surface area (Å²) in [4.78, 5) is 24.0. The molecule has 1 atom stereocenters. The van der Waals surface area contributed by atoms with Gasteiger partial charge in [-0.1, -0.05) is 23.7 Å². The van der Waals surface area contributed by atoms with Crippen molar-refractivity contribution in [1.82, 2.24) is 14.9 Å². The Morgan fingerprint density at radius 1 is 1.17 bits per heavy atom. The maximum absolute atomic E-state index is 13.5. The van der Waals surface area contributed by atoms with Gasteiger partial charge in [0.1, 0.15) is 17.3 Å². The lowest BCUT2D eigenvalue weighted by molar-refractivity contribution is -0.137. The molecule has 4 rings (SSSR count). The van der Waals surface area contributed by atoms with Crippen LogP contribution in [0.2, 0.25) is 5.02 Å². The van der Waals surface area contributed by atoms with Gasteiger partial charge in [-0.2, -0.15) is 13.2 Å². The molecule has 1 aliphatic heterocycles. The van der Waals surface area contributed by atoms with E-state index in [0.717, 1.165) is 17.8 Å². The maximum atomic E-state index is 13.5. The van der Waals surface area contributed by atoms with Gasteiger partial charge in [-0.15, -0.1) is 0 Å². The van der Waals surface area contributed by atoms with Crippen molar-refractivity contribution >= 4 is 23.3 Å². The molecule has 1 aliphatic rings. The molecule has 3 aromatic rings. The summed E-state index contributed by atoms with van der Waals surface area (Å²) < 4.78 is 45.4. The number of pyridine rings is 2. The summed E-state index contributed by atoms with van der Waals surface area (Å²) >= 11 is 6.00. The highest BCUT2D eigenvalue weighted by Crippen LogP contribution is 2.38. The van der Waals surface area contributed by atoms with Crippen LogP contribution in [0.4, 0.5) is 19.0 Å². The summed E-state index contributed by atoms with van der Waals surface area (Å²) in [5, 5.41) is 20.4. The SMILES string of the molecule is CN1c2ncc(Oc3cncc(C(F)(F)F)c3)c(Cc3ccc(Cl)cc3)c2C(=O)N(CCCO)C1O. The van der Waals surface area contributed by atoms with Crippen molar-refractivity contribution in [2.75, 3.05) is 25.1 Å². The summed E-state index contributed by atoms with van der Waals surface area (Å²) in [5.74, 6) is -0.484. The molecule has 0 spiro atoms. The van der Waals surface area contributed by atoms with E-state index in [1.807, 2.05) is 0 Å². The van der Waals surface area contributed by atoms with Gasteiger partial charge in [0.05, 0.1) is 23.5 Å². The van der Waals surface area contributed by atoms with E-state index >= 15 is 0 Å². The average Bonchev–Trinajstić information content (AvgIpc) is 2.84. The summed E-state index contributed by atoms with van der Waals surface area (Å²) in [6.07, 6.45) is -2.42. The molecule has 0 fully saturated rings. The van der Waals surface area contributed by atoms with Gasteiger partial charge in [-0.3, -0.25) is 14.7 Å². The number of rotatable bonds is 7. The lowest BCUT2D eigenvalue weighted by Crippen LogP contribution is -2.55. The van der Waals surface area contributed by atoms with Crippen molar-refractivity contribution < 1.29 is 32.9 Å². The zero-order valence-corrected chi connectivity index (χ0v) is 19.8. The van der Waals surface area contributed by atoms with Crippen LogP contribution in [0.15, 0.2) is 48.9 Å². The van der Waals surface area contributed by atoms with Crippen LogP contribution in [-0.4, -0.2) is 57.5 Å². The fraction of sp³-hybridized carbons (Fsp3) is 0.292. The van der Waals surface area contributed by atoms with Crippen molar-refractivity contribution in [2.24, 2.45) is 0 Å². The molecular weight excluding hydrogens is 501 g/mol. The van der Waals surface area contributed by atoms with E-state index in [-0.39, 0.29) is 48.9 Å². The van der Waals surface area contributed by atoms with Gasteiger partial charge in [-0.05, 0) is 30.2 Å². The predicted octanol–water partition coefficient (Wildman–Crippen LogP) is 4.08. The Labute approximate surface area is 209 Å². The minimum Gasteiger partial charge on any atom is -0.454 e. The quantitative estimate of drug-likeness (QED) is 0.482. The first-order valence-corrected chi connectivity index (χ1v) is 11.3. The second kappa shape index (κ2) is 10.3. The van der Waals surface area contributed by atoms with Gasteiger partial charge in [0.25, 0.3) is 5.91 Å². The standard InChI is InChI=1S/C24H22ClF3N4O4/c1-31-21-20(22(34)32(23(31)35)7-2-8-33)18(9-14-3-5-16(25)6-4-14)19(13-30-21)36-17-10-15(11-29-12-17)24(26,27)28/h3-6,10-13,23,33,35H,2,7-9H2,1H3. The van der Waals surface area contributed by atoms with Crippen molar-refractivity contribution in [3.63, 3.8) is 0 Å². The highest BCUT2D eigenvalue weighted by Gasteiger charge is 2.38. The van der Waals surface area contributed by atoms with Crippen molar-refractivity contribution in [3.05, 3.63) is 76.2 Å². The molecule has 0 radical (unpaired) electrons. The van der Waals surface area contributed by atoms with E-state index in [0.29, 0.717) is 16.8 Å². The van der Waals surface area contributed by atoms with E-state index in [1.54, 1.807) is 31.3 Å². The first-order valence-electron chi connectivity index (χ1n) is 10.9. The number of fused-ring (bicyclic) bond motifs is 1. The van der Waals surface area contributed by atoms with Crippen LogP contribution < -0.4 is 9.64 Å². The molecule has 0 aliphatic carbocycles. The Morgan fingerprint density at radius 2 is 1.89 bits per heavy atom. The molecule has 0 saturated heterocycles. The third kappa shape index (κ3) is 5.23. The fourth-order valence-electron chi connectivity index (χ4n) is 3.86. The Kier molecular flexibility index (Phi) is 7.34. The molecule has 2 N–H and O–H groups in total. The van der Waals surface area contributed by atoms with Crippen LogP contribution >= 0.6 is 11.6 Å². The zero-order chi connectivity index (χ0) is 26.0. The first-order chi connectivity index (χ1) is 17.1. The zero-order valence-electron chi connectivity index (χ0n) is 19.0. The van der Waals surface area contributed by atoms with E-state index in [9.17, 15) is 28.2 Å². The summed E-state index contributed by atoms with van der Waals surface area (Å²) in [6, 6.07) is 7.66. The van der Waals surface area contributed by atoms with Crippen molar-refractivity contribution in [1.29, 1.82) is 0 Å². The monoisotopic (exact) mass is 522 g/mol. The first kappa shape index (κ1) is 25.7. The third-order valence-electron chi connectivity index (χ3n) is 5.68.